The number of nitrogens with one attached hydrogen (secondary N) is 2. The normalized spacial score (nSPS) is 10.0. The van der Waals surface area contributed by atoms with E-state index in [9.17, 15) is 9.59 Å². The number of anilines is 1. The third kappa shape index (κ3) is 4.53. The summed E-state index contributed by atoms with van der Waals surface area (Å²) in [4.78, 5) is 27.2. The predicted molar refractivity (Wildman–Crippen MR) is 88.8 cm³/mol. The molecule has 0 aliphatic heterocycles. The molecule has 0 aliphatic carbocycles. The molecule has 1 aromatic carbocycles. The number of hydrogen-bond acceptors (Lipinski definition) is 4. The zero-order chi connectivity index (χ0) is 15.9. The zero-order valence-electron chi connectivity index (χ0n) is 12.3. The Balaban J connectivity index is 2.09. The van der Waals surface area contributed by atoms with Gasteiger partial charge in [-0.15, -0.1) is 17.9 Å². The van der Waals surface area contributed by atoms with Crippen LogP contribution >= 0.6 is 11.3 Å². The average molecular weight is 315 g/mol. The van der Waals surface area contributed by atoms with Crippen molar-refractivity contribution in [2.45, 2.75) is 13.3 Å². The van der Waals surface area contributed by atoms with Crippen molar-refractivity contribution in [1.82, 2.24) is 10.3 Å². The molecule has 6 heteroatoms. The lowest BCUT2D eigenvalue weighted by Gasteiger charge is -2.03. The van der Waals surface area contributed by atoms with Crippen LogP contribution in [0.25, 0.3) is 10.6 Å². The Kier molecular flexibility index (Phi) is 5.43. The van der Waals surface area contributed by atoms with Gasteiger partial charge in [-0.05, 0) is 12.1 Å². The fourth-order valence-electron chi connectivity index (χ4n) is 1.87. The van der Waals surface area contributed by atoms with Gasteiger partial charge in [0.25, 0.3) is 0 Å². The Morgan fingerprint density at radius 1 is 1.41 bits per heavy atom. The van der Waals surface area contributed by atoms with Crippen LogP contribution in [0.2, 0.25) is 0 Å². The van der Waals surface area contributed by atoms with Gasteiger partial charge in [0.05, 0.1) is 12.1 Å². The van der Waals surface area contributed by atoms with Gasteiger partial charge in [-0.25, -0.2) is 4.98 Å². The number of thiazole rings is 1. The van der Waals surface area contributed by atoms with Crippen LogP contribution in [0.1, 0.15) is 12.6 Å². The van der Waals surface area contributed by atoms with Gasteiger partial charge in [-0.3, -0.25) is 9.59 Å². The lowest BCUT2D eigenvalue weighted by molar-refractivity contribution is -0.120. The fraction of sp³-hybridized carbons (Fsp3) is 0.188. The molecule has 2 N–H and O–H groups in total. The van der Waals surface area contributed by atoms with Gasteiger partial charge in [0.1, 0.15) is 5.01 Å². The summed E-state index contributed by atoms with van der Waals surface area (Å²) in [6.45, 7) is 5.48. The molecule has 0 aliphatic rings. The van der Waals surface area contributed by atoms with E-state index in [1.165, 1.54) is 18.3 Å². The smallest absolute Gasteiger partial charge is 0.226 e. The van der Waals surface area contributed by atoms with Crippen molar-refractivity contribution in [3.05, 3.63) is 48.0 Å². The maximum absolute atomic E-state index is 11.7. The number of aromatic nitrogens is 1. The number of benzene rings is 1. The minimum absolute atomic E-state index is 0.0799. The highest BCUT2D eigenvalue weighted by molar-refractivity contribution is 7.13. The molecule has 22 heavy (non-hydrogen) atoms. The molecule has 5 nitrogen and oxygen atoms in total. The number of carbonyl (C=O) groups excluding carboxylic acids is 2. The van der Waals surface area contributed by atoms with E-state index >= 15 is 0 Å². The van der Waals surface area contributed by atoms with Crippen LogP contribution in [0, 0.1) is 0 Å². The molecule has 0 fully saturated rings. The van der Waals surface area contributed by atoms with E-state index in [4.69, 9.17) is 0 Å². The van der Waals surface area contributed by atoms with Crippen molar-refractivity contribution in [3.8, 4) is 10.6 Å². The van der Waals surface area contributed by atoms with E-state index in [0.29, 0.717) is 6.54 Å². The third-order valence-corrected chi connectivity index (χ3v) is 3.71. The van der Waals surface area contributed by atoms with Crippen LogP contribution in [0.15, 0.2) is 42.3 Å². The second-order valence-corrected chi connectivity index (χ2v) is 5.53. The molecular weight excluding hydrogens is 298 g/mol. The van der Waals surface area contributed by atoms with Crippen LogP contribution in [0.3, 0.4) is 0 Å². The number of nitrogens with zero attached hydrogens (tertiary/aromatic N) is 1. The highest BCUT2D eigenvalue weighted by Crippen LogP contribution is 2.26. The van der Waals surface area contributed by atoms with Gasteiger partial charge in [-0.2, -0.15) is 0 Å². The largest absolute Gasteiger partial charge is 0.352 e. The van der Waals surface area contributed by atoms with E-state index < -0.39 is 0 Å². The quantitative estimate of drug-likeness (QED) is 0.805. The summed E-state index contributed by atoms with van der Waals surface area (Å²) in [5, 5.41) is 8.15. The molecule has 2 rings (SSSR count). The Morgan fingerprint density at radius 3 is 2.95 bits per heavy atom. The molecule has 0 radical (unpaired) electrons. The molecule has 0 saturated heterocycles. The molecule has 1 aromatic heterocycles. The Morgan fingerprint density at radius 2 is 2.23 bits per heavy atom. The molecule has 0 atom stereocenters. The van der Waals surface area contributed by atoms with Crippen molar-refractivity contribution >= 4 is 28.8 Å². The first-order chi connectivity index (χ1) is 10.6. The van der Waals surface area contributed by atoms with Crippen molar-refractivity contribution in [1.29, 1.82) is 0 Å². The van der Waals surface area contributed by atoms with E-state index in [2.05, 4.69) is 22.2 Å². The van der Waals surface area contributed by atoms with Crippen molar-refractivity contribution in [3.63, 3.8) is 0 Å². The second-order valence-electron chi connectivity index (χ2n) is 4.68. The number of amides is 2. The van der Waals surface area contributed by atoms with E-state index in [-0.39, 0.29) is 18.2 Å². The summed E-state index contributed by atoms with van der Waals surface area (Å²) in [6.07, 6.45) is 1.88. The molecule has 0 bridgehead atoms. The van der Waals surface area contributed by atoms with Crippen LogP contribution in [0.4, 0.5) is 5.69 Å². The first-order valence-corrected chi connectivity index (χ1v) is 7.66. The summed E-state index contributed by atoms with van der Waals surface area (Å²) in [5.74, 6) is -0.195. The maximum atomic E-state index is 11.7. The zero-order valence-corrected chi connectivity index (χ0v) is 13.1. The van der Waals surface area contributed by atoms with Gasteiger partial charge < -0.3 is 10.6 Å². The highest BCUT2D eigenvalue weighted by Gasteiger charge is 2.09. The van der Waals surface area contributed by atoms with Crippen molar-refractivity contribution in [2.24, 2.45) is 0 Å². The van der Waals surface area contributed by atoms with Crippen LogP contribution in [-0.2, 0) is 16.0 Å². The Labute approximate surface area is 133 Å². The first-order valence-electron chi connectivity index (χ1n) is 6.78. The summed E-state index contributed by atoms with van der Waals surface area (Å²) < 4.78 is 0. The van der Waals surface area contributed by atoms with Gasteiger partial charge in [-0.1, -0.05) is 18.2 Å². The van der Waals surface area contributed by atoms with Gasteiger partial charge >= 0.3 is 0 Å². The minimum Gasteiger partial charge on any atom is -0.352 e. The van der Waals surface area contributed by atoms with Crippen LogP contribution in [-0.4, -0.2) is 23.3 Å². The van der Waals surface area contributed by atoms with Crippen LogP contribution in [0.5, 0.6) is 0 Å². The fourth-order valence-corrected chi connectivity index (χ4v) is 2.68. The third-order valence-electron chi connectivity index (χ3n) is 2.77. The molecule has 0 unspecified atom stereocenters. The SMILES string of the molecule is C=CCNC(=O)Cc1csc(-c2cccc(NC(C)=O)c2)n1. The topological polar surface area (TPSA) is 71.1 Å². The number of hydrogen-bond donors (Lipinski definition) is 2. The Bertz CT molecular complexity index is 694. The second kappa shape index (κ2) is 7.51. The van der Waals surface area contributed by atoms with Gasteiger partial charge in [0.2, 0.25) is 11.8 Å². The summed E-state index contributed by atoms with van der Waals surface area (Å²) in [5.41, 5.74) is 2.37. The van der Waals surface area contributed by atoms with E-state index in [1.807, 2.05) is 29.6 Å². The summed E-state index contributed by atoms with van der Waals surface area (Å²) >= 11 is 1.47. The van der Waals surface area contributed by atoms with Crippen molar-refractivity contribution in [2.75, 3.05) is 11.9 Å². The molecule has 1 heterocycles. The first kappa shape index (κ1) is 15.9. The van der Waals surface area contributed by atoms with E-state index in [0.717, 1.165) is 22.0 Å². The predicted octanol–water partition coefficient (Wildman–Crippen LogP) is 2.61. The monoisotopic (exact) mass is 315 g/mol. The molecule has 0 saturated carbocycles. The average Bonchev–Trinajstić information content (AvgIpc) is 2.93. The molecule has 2 amide bonds. The highest BCUT2D eigenvalue weighted by atomic mass is 32.1. The van der Waals surface area contributed by atoms with E-state index in [1.54, 1.807) is 6.08 Å². The molecule has 2 aromatic rings. The minimum atomic E-state index is -0.115. The molecule has 0 spiro atoms. The maximum Gasteiger partial charge on any atom is 0.226 e. The van der Waals surface area contributed by atoms with Crippen molar-refractivity contribution < 1.29 is 9.59 Å². The lowest BCUT2D eigenvalue weighted by Crippen LogP contribution is -2.25. The summed E-state index contributed by atoms with van der Waals surface area (Å²) in [6, 6.07) is 7.47. The molecule has 114 valence electrons. The number of rotatable bonds is 6. The Hall–Kier alpha value is -2.47. The lowest BCUT2D eigenvalue weighted by atomic mass is 10.2. The van der Waals surface area contributed by atoms with Gasteiger partial charge in [0.15, 0.2) is 0 Å². The summed E-state index contributed by atoms with van der Waals surface area (Å²) in [7, 11) is 0. The number of carbonyl (C=O) groups is 2. The molecular formula is C16H17N3O2S. The van der Waals surface area contributed by atoms with Gasteiger partial charge in [0, 0.05) is 30.1 Å². The standard InChI is InChI=1S/C16H17N3O2S/c1-3-7-17-15(21)9-14-10-22-16(19-14)12-5-4-6-13(8-12)18-11(2)20/h3-6,8,10H,1,7,9H2,2H3,(H,17,21)(H,18,20). The van der Waals surface area contributed by atoms with Crippen LogP contribution < -0.4 is 10.6 Å².